The molecule has 0 heterocycles. The zero-order valence-electron chi connectivity index (χ0n) is 15.7. The molecule has 26 heavy (non-hydrogen) atoms. The number of anilines is 1. The highest BCUT2D eigenvalue weighted by molar-refractivity contribution is 6.03. The second-order valence-corrected chi connectivity index (χ2v) is 6.58. The summed E-state index contributed by atoms with van der Waals surface area (Å²) in [5, 5.41) is 4.46. The molecule has 0 saturated heterocycles. The summed E-state index contributed by atoms with van der Waals surface area (Å²) in [6.45, 7) is 6.17. The van der Waals surface area contributed by atoms with Crippen molar-refractivity contribution in [2.45, 2.75) is 39.5 Å². The van der Waals surface area contributed by atoms with Crippen LogP contribution in [0.3, 0.4) is 0 Å². The van der Waals surface area contributed by atoms with Gasteiger partial charge in [0.25, 0.3) is 5.91 Å². The summed E-state index contributed by atoms with van der Waals surface area (Å²) < 4.78 is 0. The van der Waals surface area contributed by atoms with Crippen LogP contribution in [0.25, 0.3) is 0 Å². The molecule has 2 aromatic carbocycles. The van der Waals surface area contributed by atoms with Gasteiger partial charge in [0, 0.05) is 29.9 Å². The number of rotatable bonds is 5. The number of nitrogens with zero attached hydrogens (tertiary/aromatic N) is 2. The number of amides is 1. The first-order chi connectivity index (χ1) is 12.7. The van der Waals surface area contributed by atoms with Crippen LogP contribution < -0.4 is 10.3 Å². The van der Waals surface area contributed by atoms with Crippen LogP contribution in [0.15, 0.2) is 53.6 Å². The maximum atomic E-state index is 12.5. The van der Waals surface area contributed by atoms with Crippen LogP contribution in [-0.2, 0) is 6.42 Å². The van der Waals surface area contributed by atoms with Crippen molar-refractivity contribution in [2.24, 2.45) is 5.10 Å². The molecule has 1 amide bonds. The number of benzene rings is 2. The second-order valence-electron chi connectivity index (χ2n) is 6.58. The molecular formula is C22H27N3O. The lowest BCUT2D eigenvalue weighted by molar-refractivity contribution is 0.0955. The Morgan fingerprint density at radius 1 is 1.00 bits per heavy atom. The average Bonchev–Trinajstić information content (AvgIpc) is 2.90. The van der Waals surface area contributed by atoms with Gasteiger partial charge in [-0.3, -0.25) is 4.79 Å². The minimum atomic E-state index is -0.162. The lowest BCUT2D eigenvalue weighted by Gasteiger charge is -2.20. The third kappa shape index (κ3) is 4.13. The molecule has 4 nitrogen and oxygen atoms in total. The molecule has 2 aromatic rings. The monoisotopic (exact) mass is 349 g/mol. The van der Waals surface area contributed by atoms with Crippen LogP contribution in [0.4, 0.5) is 5.69 Å². The largest absolute Gasteiger partial charge is 0.372 e. The third-order valence-corrected chi connectivity index (χ3v) is 4.99. The van der Waals surface area contributed by atoms with E-state index in [4.69, 9.17) is 0 Å². The van der Waals surface area contributed by atoms with Crippen LogP contribution in [0, 0.1) is 0 Å². The minimum absolute atomic E-state index is 0.162. The van der Waals surface area contributed by atoms with E-state index in [0.29, 0.717) is 5.56 Å². The van der Waals surface area contributed by atoms with Gasteiger partial charge in [-0.2, -0.15) is 5.10 Å². The molecule has 1 N–H and O–H groups in total. The van der Waals surface area contributed by atoms with E-state index < -0.39 is 0 Å². The minimum Gasteiger partial charge on any atom is -0.372 e. The SMILES string of the molecule is CCN(CC)c1ccc(C(=O)NN=C2CCCCc3ccccc32)cc1. The molecule has 1 aliphatic carbocycles. The maximum absolute atomic E-state index is 12.5. The Hall–Kier alpha value is -2.62. The fourth-order valence-corrected chi connectivity index (χ4v) is 3.47. The molecule has 0 bridgehead atoms. The zero-order chi connectivity index (χ0) is 18.4. The standard InChI is InChI=1S/C22H27N3O/c1-3-25(4-2)19-15-13-18(14-16-19)22(26)24-23-21-12-8-6-10-17-9-5-7-11-20(17)21/h5,7,9,11,13-16H,3-4,6,8,10,12H2,1-2H3,(H,24,26). The van der Waals surface area contributed by atoms with Crippen molar-refractivity contribution in [1.29, 1.82) is 0 Å². The number of hydrogen-bond donors (Lipinski definition) is 1. The van der Waals surface area contributed by atoms with Crippen molar-refractivity contribution in [3.05, 3.63) is 65.2 Å². The summed E-state index contributed by atoms with van der Waals surface area (Å²) in [5.74, 6) is -0.162. The predicted octanol–water partition coefficient (Wildman–Crippen LogP) is 4.39. The van der Waals surface area contributed by atoms with Gasteiger partial charge >= 0.3 is 0 Å². The van der Waals surface area contributed by atoms with Crippen molar-refractivity contribution in [3.63, 3.8) is 0 Å². The third-order valence-electron chi connectivity index (χ3n) is 4.99. The van der Waals surface area contributed by atoms with E-state index >= 15 is 0 Å². The number of fused-ring (bicyclic) bond motifs is 1. The Morgan fingerprint density at radius 2 is 1.69 bits per heavy atom. The molecule has 0 aromatic heterocycles. The molecule has 0 radical (unpaired) electrons. The number of carbonyl (C=O) groups is 1. The molecule has 4 heteroatoms. The van der Waals surface area contributed by atoms with Gasteiger partial charge in [0.1, 0.15) is 0 Å². The first kappa shape index (κ1) is 18.2. The van der Waals surface area contributed by atoms with Gasteiger partial charge in [-0.05, 0) is 69.4 Å². The number of hydrazone groups is 1. The van der Waals surface area contributed by atoms with Crippen molar-refractivity contribution in [1.82, 2.24) is 5.43 Å². The Balaban J connectivity index is 1.73. The van der Waals surface area contributed by atoms with Crippen LogP contribution in [0.1, 0.15) is 54.6 Å². The molecule has 0 spiro atoms. The van der Waals surface area contributed by atoms with Crippen molar-refractivity contribution < 1.29 is 4.79 Å². The van der Waals surface area contributed by atoms with Crippen LogP contribution >= 0.6 is 0 Å². The van der Waals surface area contributed by atoms with Gasteiger partial charge in [0.15, 0.2) is 0 Å². The lowest BCUT2D eigenvalue weighted by atomic mass is 10.0. The Morgan fingerprint density at radius 3 is 2.42 bits per heavy atom. The summed E-state index contributed by atoms with van der Waals surface area (Å²) in [6.07, 6.45) is 4.24. The van der Waals surface area contributed by atoms with E-state index in [-0.39, 0.29) is 5.91 Å². The quantitative estimate of drug-likeness (QED) is 0.642. The predicted molar refractivity (Wildman–Crippen MR) is 108 cm³/mol. The van der Waals surface area contributed by atoms with Gasteiger partial charge in [-0.25, -0.2) is 5.43 Å². The molecule has 1 aliphatic rings. The molecule has 3 rings (SSSR count). The summed E-state index contributed by atoms with van der Waals surface area (Å²) >= 11 is 0. The zero-order valence-corrected chi connectivity index (χ0v) is 15.7. The van der Waals surface area contributed by atoms with Crippen LogP contribution in [0.5, 0.6) is 0 Å². The normalized spacial score (nSPS) is 15.2. The van der Waals surface area contributed by atoms with E-state index in [2.05, 4.69) is 47.5 Å². The molecular weight excluding hydrogens is 322 g/mol. The number of carbonyl (C=O) groups excluding carboxylic acids is 1. The number of aryl methyl sites for hydroxylation is 1. The number of nitrogens with one attached hydrogen (secondary N) is 1. The summed E-state index contributed by atoms with van der Waals surface area (Å²) in [7, 11) is 0. The molecule has 136 valence electrons. The molecule has 0 unspecified atom stereocenters. The second kappa shape index (κ2) is 8.65. The van der Waals surface area contributed by atoms with Crippen molar-refractivity contribution in [3.8, 4) is 0 Å². The van der Waals surface area contributed by atoms with Gasteiger partial charge in [0.2, 0.25) is 0 Å². The Labute approximate surface area is 155 Å². The first-order valence-corrected chi connectivity index (χ1v) is 9.53. The smallest absolute Gasteiger partial charge is 0.271 e. The summed E-state index contributed by atoms with van der Waals surface area (Å²) in [4.78, 5) is 14.7. The van der Waals surface area contributed by atoms with E-state index in [1.54, 1.807) is 0 Å². The van der Waals surface area contributed by atoms with Crippen molar-refractivity contribution >= 4 is 17.3 Å². The van der Waals surface area contributed by atoms with Crippen LogP contribution in [0.2, 0.25) is 0 Å². The fourth-order valence-electron chi connectivity index (χ4n) is 3.47. The van der Waals surface area contributed by atoms with Crippen molar-refractivity contribution in [2.75, 3.05) is 18.0 Å². The Kier molecular flexibility index (Phi) is 6.05. The highest BCUT2D eigenvalue weighted by Gasteiger charge is 2.14. The highest BCUT2D eigenvalue weighted by Crippen LogP contribution is 2.21. The molecule has 0 fully saturated rings. The van der Waals surface area contributed by atoms with E-state index in [1.807, 2.05) is 30.3 Å². The lowest BCUT2D eigenvalue weighted by Crippen LogP contribution is -2.22. The van der Waals surface area contributed by atoms with Gasteiger partial charge in [0.05, 0.1) is 5.71 Å². The molecule has 0 saturated carbocycles. The highest BCUT2D eigenvalue weighted by atomic mass is 16.2. The first-order valence-electron chi connectivity index (χ1n) is 9.53. The number of hydrogen-bond acceptors (Lipinski definition) is 3. The topological polar surface area (TPSA) is 44.7 Å². The van der Waals surface area contributed by atoms with E-state index in [0.717, 1.165) is 50.2 Å². The molecule has 0 atom stereocenters. The van der Waals surface area contributed by atoms with Crippen LogP contribution in [-0.4, -0.2) is 24.7 Å². The van der Waals surface area contributed by atoms with Gasteiger partial charge in [-0.15, -0.1) is 0 Å². The van der Waals surface area contributed by atoms with E-state index in [9.17, 15) is 4.79 Å². The van der Waals surface area contributed by atoms with Gasteiger partial charge in [-0.1, -0.05) is 24.3 Å². The Bertz CT molecular complexity index is 776. The molecule has 0 aliphatic heterocycles. The van der Waals surface area contributed by atoms with E-state index in [1.165, 1.54) is 11.1 Å². The summed E-state index contributed by atoms with van der Waals surface area (Å²) in [5.41, 5.74) is 7.98. The van der Waals surface area contributed by atoms with Gasteiger partial charge < -0.3 is 4.90 Å². The average molecular weight is 349 g/mol. The fraction of sp³-hybridized carbons (Fsp3) is 0.364. The maximum Gasteiger partial charge on any atom is 0.271 e. The summed E-state index contributed by atoms with van der Waals surface area (Å²) in [6, 6.07) is 16.1.